The molecule has 1 aromatic heterocycles. The summed E-state index contributed by atoms with van der Waals surface area (Å²) in [6, 6.07) is 0.185. The van der Waals surface area contributed by atoms with Gasteiger partial charge < -0.3 is 5.73 Å². The lowest BCUT2D eigenvalue weighted by Gasteiger charge is -2.15. The van der Waals surface area contributed by atoms with Crippen molar-refractivity contribution in [2.24, 2.45) is 11.7 Å². The van der Waals surface area contributed by atoms with Crippen molar-refractivity contribution >= 4 is 11.3 Å². The number of aromatic nitrogens is 1. The van der Waals surface area contributed by atoms with Crippen molar-refractivity contribution in [2.45, 2.75) is 51.5 Å². The van der Waals surface area contributed by atoms with Gasteiger partial charge in [0, 0.05) is 5.38 Å². The number of thiazole rings is 1. The second-order valence-electron chi connectivity index (χ2n) is 4.84. The molecule has 3 heteroatoms. The van der Waals surface area contributed by atoms with Crippen LogP contribution in [0.25, 0.3) is 0 Å². The summed E-state index contributed by atoms with van der Waals surface area (Å²) in [5.41, 5.74) is 7.46. The van der Waals surface area contributed by atoms with Crippen LogP contribution in [0.15, 0.2) is 5.38 Å². The van der Waals surface area contributed by atoms with E-state index < -0.39 is 0 Å². The normalized spacial score (nSPS) is 20.0. The first-order valence-electron chi connectivity index (χ1n) is 5.89. The molecule has 0 bridgehead atoms. The van der Waals surface area contributed by atoms with E-state index in [4.69, 9.17) is 5.73 Å². The average molecular weight is 224 g/mol. The smallest absolute Gasteiger partial charge is 0.110 e. The van der Waals surface area contributed by atoms with Crippen LogP contribution in [0.3, 0.4) is 0 Å². The van der Waals surface area contributed by atoms with Crippen LogP contribution in [0, 0.1) is 5.92 Å². The number of nitrogens with zero attached hydrogens (tertiary/aromatic N) is 1. The molecular weight excluding hydrogens is 204 g/mol. The molecule has 0 amide bonds. The van der Waals surface area contributed by atoms with Crippen molar-refractivity contribution < 1.29 is 0 Å². The zero-order chi connectivity index (χ0) is 10.8. The predicted octanol–water partition coefficient (Wildman–Crippen LogP) is 3.46. The molecule has 2 rings (SSSR count). The van der Waals surface area contributed by atoms with Crippen LogP contribution in [0.2, 0.25) is 0 Å². The lowest BCUT2D eigenvalue weighted by atomic mass is 10.00. The minimum absolute atomic E-state index is 0.185. The van der Waals surface area contributed by atoms with Crippen LogP contribution in [-0.2, 0) is 0 Å². The molecule has 2 nitrogen and oxygen atoms in total. The molecule has 1 fully saturated rings. The van der Waals surface area contributed by atoms with Gasteiger partial charge in [-0.2, -0.15) is 0 Å². The molecule has 1 aromatic rings. The molecule has 1 aliphatic carbocycles. The van der Waals surface area contributed by atoms with E-state index >= 15 is 0 Å². The van der Waals surface area contributed by atoms with Crippen molar-refractivity contribution in [3.63, 3.8) is 0 Å². The highest BCUT2D eigenvalue weighted by molar-refractivity contribution is 7.09. The summed E-state index contributed by atoms with van der Waals surface area (Å²) in [5.74, 6) is 1.20. The van der Waals surface area contributed by atoms with Crippen LogP contribution in [0.5, 0.6) is 0 Å². The molecule has 84 valence electrons. The maximum atomic E-state index is 6.26. The second-order valence-corrected chi connectivity index (χ2v) is 5.73. The average Bonchev–Trinajstić information content (AvgIpc) is 2.88. The van der Waals surface area contributed by atoms with Crippen LogP contribution < -0.4 is 5.73 Å². The first kappa shape index (κ1) is 11.1. The Morgan fingerprint density at radius 1 is 1.40 bits per heavy atom. The second kappa shape index (κ2) is 4.62. The van der Waals surface area contributed by atoms with E-state index in [1.165, 1.54) is 31.4 Å². The highest BCUT2D eigenvalue weighted by atomic mass is 32.1. The third kappa shape index (κ3) is 2.40. The first-order valence-corrected chi connectivity index (χ1v) is 6.77. The van der Waals surface area contributed by atoms with Gasteiger partial charge in [-0.3, -0.25) is 0 Å². The lowest BCUT2D eigenvalue weighted by Crippen LogP contribution is -2.18. The zero-order valence-electron chi connectivity index (χ0n) is 9.57. The van der Waals surface area contributed by atoms with Gasteiger partial charge in [-0.05, 0) is 24.7 Å². The molecule has 0 spiro atoms. The van der Waals surface area contributed by atoms with Gasteiger partial charge >= 0.3 is 0 Å². The Bertz CT molecular complexity index is 313. The van der Waals surface area contributed by atoms with Gasteiger partial charge in [-0.1, -0.05) is 26.7 Å². The summed E-state index contributed by atoms with van der Waals surface area (Å²) in [7, 11) is 0. The third-order valence-corrected chi connectivity index (χ3v) is 4.29. The van der Waals surface area contributed by atoms with E-state index in [1.54, 1.807) is 11.3 Å². The molecule has 0 saturated heterocycles. The molecule has 15 heavy (non-hydrogen) atoms. The highest BCUT2D eigenvalue weighted by Crippen LogP contribution is 2.35. The molecule has 1 heterocycles. The Balaban J connectivity index is 2.07. The number of hydrogen-bond acceptors (Lipinski definition) is 3. The Hall–Kier alpha value is -0.410. The minimum Gasteiger partial charge on any atom is -0.322 e. The molecule has 0 aliphatic heterocycles. The fraction of sp³-hybridized carbons (Fsp3) is 0.750. The van der Waals surface area contributed by atoms with Crippen molar-refractivity contribution in [1.82, 2.24) is 4.98 Å². The Kier molecular flexibility index (Phi) is 3.42. The quantitative estimate of drug-likeness (QED) is 0.854. The summed E-state index contributed by atoms with van der Waals surface area (Å²) in [6.45, 7) is 4.36. The molecule has 2 N–H and O–H groups in total. The standard InChI is InChI=1S/C12H20N2S/c1-8(2)10-7-15-12(14-10)11(13)9-5-3-4-6-9/h7-9,11H,3-6,13H2,1-2H3. The molecule has 1 unspecified atom stereocenters. The maximum absolute atomic E-state index is 6.26. The van der Waals surface area contributed by atoms with E-state index in [0.29, 0.717) is 11.8 Å². The summed E-state index contributed by atoms with van der Waals surface area (Å²) in [5, 5.41) is 3.31. The van der Waals surface area contributed by atoms with Gasteiger partial charge in [0.25, 0.3) is 0 Å². The minimum atomic E-state index is 0.185. The fourth-order valence-corrected chi connectivity index (χ4v) is 3.31. The Morgan fingerprint density at radius 2 is 2.07 bits per heavy atom. The van der Waals surface area contributed by atoms with Crippen LogP contribution in [0.1, 0.15) is 62.2 Å². The van der Waals surface area contributed by atoms with Gasteiger partial charge in [-0.25, -0.2) is 4.98 Å². The van der Waals surface area contributed by atoms with Crippen LogP contribution in [-0.4, -0.2) is 4.98 Å². The first-order chi connectivity index (χ1) is 7.18. The monoisotopic (exact) mass is 224 g/mol. The van der Waals surface area contributed by atoms with Crippen molar-refractivity contribution in [1.29, 1.82) is 0 Å². The SMILES string of the molecule is CC(C)c1csc(C(N)C2CCCC2)n1. The molecule has 0 radical (unpaired) electrons. The van der Waals surface area contributed by atoms with E-state index in [1.807, 2.05) is 0 Å². The fourth-order valence-electron chi connectivity index (χ4n) is 2.24. The number of nitrogens with two attached hydrogens (primary N) is 1. The van der Waals surface area contributed by atoms with Crippen molar-refractivity contribution in [2.75, 3.05) is 0 Å². The van der Waals surface area contributed by atoms with Gasteiger partial charge in [0.1, 0.15) is 5.01 Å². The molecule has 1 aliphatic rings. The number of rotatable bonds is 3. The molecule has 1 atom stereocenters. The van der Waals surface area contributed by atoms with Gasteiger partial charge in [0.05, 0.1) is 11.7 Å². The molecule has 1 saturated carbocycles. The van der Waals surface area contributed by atoms with E-state index in [-0.39, 0.29) is 6.04 Å². The van der Waals surface area contributed by atoms with Crippen molar-refractivity contribution in [3.8, 4) is 0 Å². The van der Waals surface area contributed by atoms with Crippen LogP contribution >= 0.6 is 11.3 Å². The Labute approximate surface area is 95.9 Å². The largest absolute Gasteiger partial charge is 0.322 e. The van der Waals surface area contributed by atoms with Gasteiger partial charge in [0.2, 0.25) is 0 Å². The van der Waals surface area contributed by atoms with E-state index in [9.17, 15) is 0 Å². The van der Waals surface area contributed by atoms with E-state index in [2.05, 4.69) is 24.2 Å². The highest BCUT2D eigenvalue weighted by Gasteiger charge is 2.25. The summed E-state index contributed by atoms with van der Waals surface area (Å²) >= 11 is 1.74. The van der Waals surface area contributed by atoms with Crippen LogP contribution in [0.4, 0.5) is 0 Å². The Morgan fingerprint density at radius 3 is 2.60 bits per heavy atom. The van der Waals surface area contributed by atoms with Gasteiger partial charge in [0.15, 0.2) is 0 Å². The molecule has 0 aromatic carbocycles. The predicted molar refractivity (Wildman–Crippen MR) is 65.1 cm³/mol. The summed E-state index contributed by atoms with van der Waals surface area (Å²) in [4.78, 5) is 4.65. The summed E-state index contributed by atoms with van der Waals surface area (Å²) in [6.07, 6.45) is 5.27. The van der Waals surface area contributed by atoms with Gasteiger partial charge in [-0.15, -0.1) is 11.3 Å². The van der Waals surface area contributed by atoms with E-state index in [0.717, 1.165) is 5.01 Å². The van der Waals surface area contributed by atoms with Crippen molar-refractivity contribution in [3.05, 3.63) is 16.1 Å². The zero-order valence-corrected chi connectivity index (χ0v) is 10.4. The lowest BCUT2D eigenvalue weighted by molar-refractivity contribution is 0.442. The molecular formula is C12H20N2S. The topological polar surface area (TPSA) is 38.9 Å². The maximum Gasteiger partial charge on any atom is 0.110 e. The number of hydrogen-bond donors (Lipinski definition) is 1. The summed E-state index contributed by atoms with van der Waals surface area (Å²) < 4.78 is 0. The third-order valence-electron chi connectivity index (χ3n) is 3.32.